The quantitative estimate of drug-likeness (QED) is 0.851. The van der Waals surface area contributed by atoms with Crippen LogP contribution in [0, 0.1) is 0 Å². The Morgan fingerprint density at radius 3 is 3.16 bits per heavy atom. The third-order valence-corrected chi connectivity index (χ3v) is 5.34. The molecular weight excluding hydrogens is 276 g/mol. The van der Waals surface area contributed by atoms with Crippen molar-refractivity contribution in [2.24, 2.45) is 0 Å². The van der Waals surface area contributed by atoms with Crippen LogP contribution in [0.25, 0.3) is 9.40 Å². The van der Waals surface area contributed by atoms with Crippen LogP contribution in [0.2, 0.25) is 0 Å². The van der Waals surface area contributed by atoms with Gasteiger partial charge in [-0.25, -0.2) is 0 Å². The summed E-state index contributed by atoms with van der Waals surface area (Å²) in [5, 5.41) is 8.36. The zero-order chi connectivity index (χ0) is 13.1. The van der Waals surface area contributed by atoms with Crippen LogP contribution in [0.3, 0.4) is 0 Å². The van der Waals surface area contributed by atoms with Crippen molar-refractivity contribution >= 4 is 38.0 Å². The maximum Gasteiger partial charge on any atom is 0.261 e. The standard InChI is InChI=1S/C14H16N2OS2/c17-14(13-9-12-11(19-13)4-8-18-12)16-7-3-10-1-5-15-6-2-10/h1,4,8-9,15H,2-3,5-7H2,(H,16,17). The van der Waals surface area contributed by atoms with Crippen molar-refractivity contribution < 1.29 is 4.79 Å². The Balaban J connectivity index is 1.53. The molecule has 3 nitrogen and oxygen atoms in total. The molecule has 0 atom stereocenters. The average Bonchev–Trinajstić information content (AvgIpc) is 3.00. The van der Waals surface area contributed by atoms with Crippen LogP contribution < -0.4 is 10.6 Å². The van der Waals surface area contributed by atoms with Crippen molar-refractivity contribution in [2.45, 2.75) is 12.8 Å². The summed E-state index contributed by atoms with van der Waals surface area (Å²) in [6, 6.07) is 4.06. The first-order chi connectivity index (χ1) is 9.33. The van der Waals surface area contributed by atoms with E-state index in [0.29, 0.717) is 0 Å². The van der Waals surface area contributed by atoms with Gasteiger partial charge < -0.3 is 10.6 Å². The van der Waals surface area contributed by atoms with E-state index in [1.165, 1.54) is 15.0 Å². The molecular formula is C14H16N2OS2. The third-order valence-electron chi connectivity index (χ3n) is 3.25. The highest BCUT2D eigenvalue weighted by molar-refractivity contribution is 7.27. The molecule has 2 N–H and O–H groups in total. The first kappa shape index (κ1) is 12.8. The van der Waals surface area contributed by atoms with Crippen molar-refractivity contribution in [3.63, 3.8) is 0 Å². The predicted octanol–water partition coefficient (Wildman–Crippen LogP) is 3.00. The smallest absolute Gasteiger partial charge is 0.261 e. The fourth-order valence-corrected chi connectivity index (χ4v) is 4.22. The molecule has 0 saturated heterocycles. The second kappa shape index (κ2) is 5.86. The molecule has 0 aromatic carbocycles. The molecule has 3 rings (SSSR count). The van der Waals surface area contributed by atoms with Gasteiger partial charge in [0.05, 0.1) is 4.88 Å². The largest absolute Gasteiger partial charge is 0.351 e. The second-order valence-corrected chi connectivity index (χ2v) is 6.61. The summed E-state index contributed by atoms with van der Waals surface area (Å²) in [6.45, 7) is 2.75. The van der Waals surface area contributed by atoms with E-state index >= 15 is 0 Å². The van der Waals surface area contributed by atoms with Gasteiger partial charge in [-0.3, -0.25) is 4.79 Å². The number of carbonyl (C=O) groups is 1. The van der Waals surface area contributed by atoms with Gasteiger partial charge >= 0.3 is 0 Å². The SMILES string of the molecule is O=C(NCCC1=CCNCC1)c1cc2sccc2s1. The lowest BCUT2D eigenvalue weighted by atomic mass is 10.1. The van der Waals surface area contributed by atoms with Crippen molar-refractivity contribution in [3.8, 4) is 0 Å². The van der Waals surface area contributed by atoms with Crippen LogP contribution in [0.1, 0.15) is 22.5 Å². The molecule has 100 valence electrons. The van der Waals surface area contributed by atoms with Crippen LogP contribution in [-0.4, -0.2) is 25.5 Å². The van der Waals surface area contributed by atoms with E-state index in [1.807, 2.05) is 6.07 Å². The molecule has 19 heavy (non-hydrogen) atoms. The molecule has 0 spiro atoms. The van der Waals surface area contributed by atoms with Crippen LogP contribution in [-0.2, 0) is 0 Å². The van der Waals surface area contributed by atoms with Gasteiger partial charge in [0, 0.05) is 22.5 Å². The van der Waals surface area contributed by atoms with Gasteiger partial charge in [-0.1, -0.05) is 11.6 Å². The second-order valence-electron chi connectivity index (χ2n) is 4.58. The maximum absolute atomic E-state index is 12.0. The van der Waals surface area contributed by atoms with E-state index in [0.717, 1.165) is 37.4 Å². The van der Waals surface area contributed by atoms with Crippen LogP contribution in [0.4, 0.5) is 0 Å². The number of hydrogen-bond acceptors (Lipinski definition) is 4. The molecule has 0 radical (unpaired) electrons. The van der Waals surface area contributed by atoms with Gasteiger partial charge in [-0.15, -0.1) is 22.7 Å². The Labute approximate surface area is 120 Å². The summed E-state index contributed by atoms with van der Waals surface area (Å²) in [7, 11) is 0. The van der Waals surface area contributed by atoms with Crippen molar-refractivity contribution in [1.82, 2.24) is 10.6 Å². The maximum atomic E-state index is 12.0. The molecule has 1 aliphatic rings. The van der Waals surface area contributed by atoms with Crippen LogP contribution >= 0.6 is 22.7 Å². The first-order valence-electron chi connectivity index (χ1n) is 6.47. The number of amides is 1. The Morgan fingerprint density at radius 1 is 1.42 bits per heavy atom. The van der Waals surface area contributed by atoms with Crippen molar-refractivity contribution in [1.29, 1.82) is 0 Å². The van der Waals surface area contributed by atoms with E-state index in [9.17, 15) is 4.79 Å². The summed E-state index contributed by atoms with van der Waals surface area (Å²) in [5.41, 5.74) is 1.45. The van der Waals surface area contributed by atoms with E-state index in [-0.39, 0.29) is 5.91 Å². The molecule has 3 heterocycles. The topological polar surface area (TPSA) is 41.1 Å². The van der Waals surface area contributed by atoms with Gasteiger partial charge in [0.2, 0.25) is 0 Å². The minimum atomic E-state index is 0.0583. The molecule has 0 fully saturated rings. The molecule has 0 saturated carbocycles. The minimum absolute atomic E-state index is 0.0583. The lowest BCUT2D eigenvalue weighted by Gasteiger charge is -2.13. The summed E-state index contributed by atoms with van der Waals surface area (Å²) in [5.74, 6) is 0.0583. The summed E-state index contributed by atoms with van der Waals surface area (Å²) in [6.07, 6.45) is 4.30. The molecule has 0 bridgehead atoms. The van der Waals surface area contributed by atoms with Gasteiger partial charge in [0.25, 0.3) is 5.91 Å². The summed E-state index contributed by atoms with van der Waals surface area (Å²) in [4.78, 5) is 12.8. The summed E-state index contributed by atoms with van der Waals surface area (Å²) >= 11 is 3.26. The predicted molar refractivity (Wildman–Crippen MR) is 82.2 cm³/mol. The number of nitrogens with one attached hydrogen (secondary N) is 2. The van der Waals surface area contributed by atoms with E-state index in [4.69, 9.17) is 0 Å². The zero-order valence-corrected chi connectivity index (χ0v) is 12.2. The number of thiophene rings is 2. The third kappa shape index (κ3) is 3.05. The molecule has 1 aliphatic heterocycles. The van der Waals surface area contributed by atoms with E-state index in [1.54, 1.807) is 22.7 Å². The van der Waals surface area contributed by atoms with Gasteiger partial charge in [-0.2, -0.15) is 0 Å². The van der Waals surface area contributed by atoms with Gasteiger partial charge in [0.1, 0.15) is 0 Å². The molecule has 5 heteroatoms. The minimum Gasteiger partial charge on any atom is -0.351 e. The van der Waals surface area contributed by atoms with Crippen LogP contribution in [0.15, 0.2) is 29.2 Å². The zero-order valence-electron chi connectivity index (χ0n) is 10.6. The first-order valence-corrected chi connectivity index (χ1v) is 8.16. The lowest BCUT2D eigenvalue weighted by Crippen LogP contribution is -2.26. The van der Waals surface area contributed by atoms with Crippen molar-refractivity contribution in [3.05, 3.63) is 34.0 Å². The molecule has 0 aliphatic carbocycles. The fourth-order valence-electron chi connectivity index (χ4n) is 2.20. The van der Waals surface area contributed by atoms with Gasteiger partial charge in [-0.05, 0) is 36.9 Å². The number of rotatable bonds is 4. The Bertz CT molecular complexity index is 583. The highest BCUT2D eigenvalue weighted by Gasteiger charge is 2.11. The lowest BCUT2D eigenvalue weighted by molar-refractivity contribution is 0.0958. The molecule has 2 aromatic heterocycles. The van der Waals surface area contributed by atoms with Gasteiger partial charge in [0.15, 0.2) is 0 Å². The number of hydrogen-bond donors (Lipinski definition) is 2. The average molecular weight is 292 g/mol. The Hall–Kier alpha value is -1.17. The fraction of sp³-hybridized carbons (Fsp3) is 0.357. The van der Waals surface area contributed by atoms with Crippen LogP contribution in [0.5, 0.6) is 0 Å². The van der Waals surface area contributed by atoms with E-state index in [2.05, 4.69) is 28.2 Å². The number of carbonyl (C=O) groups excluding carboxylic acids is 1. The monoisotopic (exact) mass is 292 g/mol. The van der Waals surface area contributed by atoms with Crippen molar-refractivity contribution in [2.75, 3.05) is 19.6 Å². The Kier molecular flexibility index (Phi) is 3.96. The molecule has 0 unspecified atom stereocenters. The number of fused-ring (bicyclic) bond motifs is 1. The summed E-state index contributed by atoms with van der Waals surface area (Å²) < 4.78 is 2.41. The molecule has 1 amide bonds. The molecule has 2 aromatic rings. The highest BCUT2D eigenvalue weighted by Crippen LogP contribution is 2.29. The normalized spacial score (nSPS) is 15.5. The van der Waals surface area contributed by atoms with E-state index < -0.39 is 0 Å². The highest BCUT2D eigenvalue weighted by atomic mass is 32.1. The Morgan fingerprint density at radius 2 is 2.37 bits per heavy atom.